The Morgan fingerprint density at radius 3 is 3.07 bits per heavy atom. The topological polar surface area (TPSA) is 35.5 Å². The Labute approximate surface area is 83.8 Å². The molecule has 1 heterocycles. The van der Waals surface area contributed by atoms with E-state index in [-0.39, 0.29) is 6.29 Å². The molecule has 0 aromatic carbocycles. The fourth-order valence-electron chi connectivity index (χ4n) is 1.12. The molecule has 0 bridgehead atoms. The summed E-state index contributed by atoms with van der Waals surface area (Å²) in [7, 11) is 0. The molecule has 1 aliphatic rings. The van der Waals surface area contributed by atoms with Crippen LogP contribution in [0.5, 0.6) is 0 Å². The minimum atomic E-state index is -0.114. The summed E-state index contributed by atoms with van der Waals surface area (Å²) in [6.45, 7) is 1.07. The van der Waals surface area contributed by atoms with Crippen LogP contribution in [0, 0.1) is 23.7 Å². The van der Waals surface area contributed by atoms with E-state index < -0.39 is 0 Å². The molecule has 1 fully saturated rings. The van der Waals surface area contributed by atoms with Gasteiger partial charge in [-0.25, -0.2) is 0 Å². The average molecular weight is 192 g/mol. The quantitative estimate of drug-likeness (QED) is 0.478. The zero-order chi connectivity index (χ0) is 10.1. The van der Waals surface area contributed by atoms with Crippen LogP contribution in [0.25, 0.3) is 0 Å². The average Bonchev–Trinajstić information content (AvgIpc) is 2.25. The van der Waals surface area contributed by atoms with Crippen molar-refractivity contribution in [3.05, 3.63) is 0 Å². The Kier molecular flexibility index (Phi) is 5.51. The Bertz CT molecular complexity index is 281. The fraction of sp³-hybridized carbons (Fsp3) is 0.545. The van der Waals surface area contributed by atoms with Gasteiger partial charge in [0.25, 0.3) is 0 Å². The van der Waals surface area contributed by atoms with Crippen molar-refractivity contribution in [1.29, 1.82) is 0 Å². The monoisotopic (exact) mass is 192 g/mol. The van der Waals surface area contributed by atoms with Crippen molar-refractivity contribution in [2.45, 2.75) is 25.6 Å². The molecule has 74 valence electrons. The van der Waals surface area contributed by atoms with Crippen LogP contribution in [-0.2, 0) is 14.3 Å². The van der Waals surface area contributed by atoms with Crippen molar-refractivity contribution < 1.29 is 14.3 Å². The minimum Gasteiger partial charge on any atom is -0.353 e. The SMILES string of the molecule is O=CC#CC#CCOC1CCCCO1. The van der Waals surface area contributed by atoms with Gasteiger partial charge in [-0.2, -0.15) is 0 Å². The van der Waals surface area contributed by atoms with Crippen molar-refractivity contribution in [3.63, 3.8) is 0 Å². The minimum absolute atomic E-state index is 0.114. The van der Waals surface area contributed by atoms with Crippen LogP contribution in [0.15, 0.2) is 0 Å². The maximum absolute atomic E-state index is 9.79. The Balaban J connectivity index is 2.12. The molecule has 14 heavy (non-hydrogen) atoms. The molecular weight excluding hydrogens is 180 g/mol. The van der Waals surface area contributed by atoms with Gasteiger partial charge in [0.1, 0.15) is 6.61 Å². The number of hydrogen-bond acceptors (Lipinski definition) is 3. The van der Waals surface area contributed by atoms with Gasteiger partial charge >= 0.3 is 0 Å². The number of hydrogen-bond donors (Lipinski definition) is 0. The molecule has 1 rings (SSSR count). The van der Waals surface area contributed by atoms with Crippen LogP contribution >= 0.6 is 0 Å². The molecule has 0 spiro atoms. The highest BCUT2D eigenvalue weighted by Crippen LogP contribution is 2.12. The standard InChI is InChI=1S/C11H12O3/c12-8-4-1-2-5-9-13-11-7-3-6-10-14-11/h8,11H,3,6-7,9-10H2. The Morgan fingerprint density at radius 2 is 2.36 bits per heavy atom. The van der Waals surface area contributed by atoms with Crippen molar-refractivity contribution >= 4 is 6.29 Å². The summed E-state index contributed by atoms with van der Waals surface area (Å²) in [6, 6.07) is 0. The number of carbonyl (C=O) groups excluding carboxylic acids is 1. The lowest BCUT2D eigenvalue weighted by molar-refractivity contribution is -0.154. The molecule has 0 amide bonds. The van der Waals surface area contributed by atoms with Gasteiger partial charge in [0.2, 0.25) is 0 Å². The second-order valence-corrected chi connectivity index (χ2v) is 2.80. The summed E-state index contributed by atoms with van der Waals surface area (Å²) in [4.78, 5) is 9.79. The van der Waals surface area contributed by atoms with Crippen molar-refractivity contribution in [1.82, 2.24) is 0 Å². The molecule has 3 nitrogen and oxygen atoms in total. The van der Waals surface area contributed by atoms with E-state index in [4.69, 9.17) is 9.47 Å². The highest BCUT2D eigenvalue weighted by Gasteiger charge is 2.12. The van der Waals surface area contributed by atoms with Gasteiger partial charge in [-0.15, -0.1) is 0 Å². The molecule has 0 N–H and O–H groups in total. The molecule has 1 saturated heterocycles. The van der Waals surface area contributed by atoms with E-state index in [9.17, 15) is 4.79 Å². The Morgan fingerprint density at radius 1 is 1.43 bits per heavy atom. The van der Waals surface area contributed by atoms with Gasteiger partial charge in [0.05, 0.1) is 0 Å². The zero-order valence-electron chi connectivity index (χ0n) is 7.91. The third-order valence-corrected chi connectivity index (χ3v) is 1.76. The lowest BCUT2D eigenvalue weighted by Crippen LogP contribution is -2.22. The first-order valence-electron chi connectivity index (χ1n) is 4.58. The summed E-state index contributed by atoms with van der Waals surface area (Å²) in [5, 5.41) is 0. The first kappa shape index (κ1) is 10.8. The van der Waals surface area contributed by atoms with Gasteiger partial charge in [0.15, 0.2) is 12.6 Å². The molecule has 1 aliphatic heterocycles. The van der Waals surface area contributed by atoms with E-state index in [1.807, 2.05) is 0 Å². The highest BCUT2D eigenvalue weighted by atomic mass is 16.7. The molecule has 0 radical (unpaired) electrons. The van der Waals surface area contributed by atoms with Crippen molar-refractivity contribution in [2.75, 3.05) is 13.2 Å². The van der Waals surface area contributed by atoms with Crippen LogP contribution in [0.4, 0.5) is 0 Å². The van der Waals surface area contributed by atoms with Gasteiger partial charge in [-0.1, -0.05) is 5.92 Å². The van der Waals surface area contributed by atoms with E-state index in [1.54, 1.807) is 0 Å². The molecule has 0 aromatic heterocycles. The van der Waals surface area contributed by atoms with Crippen LogP contribution < -0.4 is 0 Å². The van der Waals surface area contributed by atoms with Crippen LogP contribution in [0.2, 0.25) is 0 Å². The molecule has 0 aliphatic carbocycles. The lowest BCUT2D eigenvalue weighted by Gasteiger charge is -2.21. The van der Waals surface area contributed by atoms with Gasteiger partial charge < -0.3 is 9.47 Å². The number of carbonyl (C=O) groups is 1. The fourth-order valence-corrected chi connectivity index (χ4v) is 1.12. The number of aldehydes is 1. The van der Waals surface area contributed by atoms with Gasteiger partial charge in [-0.05, 0) is 37.0 Å². The second-order valence-electron chi connectivity index (χ2n) is 2.80. The third kappa shape index (κ3) is 4.67. The summed E-state index contributed by atoms with van der Waals surface area (Å²) >= 11 is 0. The molecule has 3 heteroatoms. The first-order valence-corrected chi connectivity index (χ1v) is 4.58. The van der Waals surface area contributed by atoms with E-state index >= 15 is 0 Å². The smallest absolute Gasteiger partial charge is 0.193 e. The van der Waals surface area contributed by atoms with Gasteiger partial charge in [-0.3, -0.25) is 4.79 Å². The summed E-state index contributed by atoms with van der Waals surface area (Å²) in [5.74, 6) is 9.75. The van der Waals surface area contributed by atoms with Crippen molar-refractivity contribution in [3.8, 4) is 23.7 Å². The highest BCUT2D eigenvalue weighted by molar-refractivity contribution is 5.73. The maximum atomic E-state index is 9.79. The molecule has 1 unspecified atom stereocenters. The van der Waals surface area contributed by atoms with E-state index in [1.165, 1.54) is 0 Å². The second kappa shape index (κ2) is 7.15. The van der Waals surface area contributed by atoms with Crippen molar-refractivity contribution in [2.24, 2.45) is 0 Å². The number of ether oxygens (including phenoxy) is 2. The molecule has 0 aromatic rings. The van der Waals surface area contributed by atoms with E-state index in [0.29, 0.717) is 12.9 Å². The molecular formula is C11H12O3. The predicted octanol–water partition coefficient (Wildman–Crippen LogP) is 0.735. The predicted molar refractivity (Wildman–Crippen MR) is 51.2 cm³/mol. The van der Waals surface area contributed by atoms with Crippen LogP contribution in [0.3, 0.4) is 0 Å². The van der Waals surface area contributed by atoms with Gasteiger partial charge in [0, 0.05) is 6.61 Å². The number of rotatable bonds is 2. The lowest BCUT2D eigenvalue weighted by atomic mass is 10.2. The largest absolute Gasteiger partial charge is 0.353 e. The van der Waals surface area contributed by atoms with E-state index in [0.717, 1.165) is 25.9 Å². The molecule has 1 atom stereocenters. The van der Waals surface area contributed by atoms with Crippen LogP contribution in [-0.4, -0.2) is 25.8 Å². The van der Waals surface area contributed by atoms with Crippen LogP contribution in [0.1, 0.15) is 19.3 Å². The Hall–Kier alpha value is -1.29. The summed E-state index contributed by atoms with van der Waals surface area (Å²) < 4.78 is 10.6. The summed E-state index contributed by atoms with van der Waals surface area (Å²) in [6.07, 6.45) is 3.58. The van der Waals surface area contributed by atoms with E-state index in [2.05, 4.69) is 23.7 Å². The zero-order valence-corrected chi connectivity index (χ0v) is 7.91. The first-order chi connectivity index (χ1) is 6.93. The third-order valence-electron chi connectivity index (χ3n) is 1.76. The molecule has 0 saturated carbocycles. The summed E-state index contributed by atoms with van der Waals surface area (Å²) in [5.41, 5.74) is 0. The normalized spacial score (nSPS) is 19.9. The maximum Gasteiger partial charge on any atom is 0.193 e.